The van der Waals surface area contributed by atoms with Crippen molar-refractivity contribution in [3.8, 4) is 5.75 Å². The van der Waals surface area contributed by atoms with Crippen LogP contribution in [0.15, 0.2) is 47.4 Å². The molecule has 166 valence electrons. The van der Waals surface area contributed by atoms with E-state index in [1.807, 2.05) is 6.92 Å². The first kappa shape index (κ1) is 22.8. The van der Waals surface area contributed by atoms with E-state index < -0.39 is 15.9 Å². The average molecular weight is 446 g/mol. The lowest BCUT2D eigenvalue weighted by atomic mass is 9.98. The van der Waals surface area contributed by atoms with Gasteiger partial charge in [0.05, 0.1) is 13.0 Å². The molecule has 1 aliphatic heterocycles. The van der Waals surface area contributed by atoms with E-state index in [4.69, 9.17) is 4.74 Å². The van der Waals surface area contributed by atoms with Gasteiger partial charge < -0.3 is 15.4 Å². The van der Waals surface area contributed by atoms with Gasteiger partial charge in [-0.1, -0.05) is 12.1 Å². The molecule has 9 heteroatoms. The van der Waals surface area contributed by atoms with Crippen molar-refractivity contribution in [3.05, 3.63) is 48.0 Å². The fraction of sp³-hybridized carbons (Fsp3) is 0.364. The molecule has 1 atom stereocenters. The lowest BCUT2D eigenvalue weighted by Gasteiger charge is -2.31. The van der Waals surface area contributed by atoms with Crippen molar-refractivity contribution in [2.24, 2.45) is 5.92 Å². The third-order valence-electron chi connectivity index (χ3n) is 5.14. The highest BCUT2D eigenvalue weighted by Crippen LogP contribution is 2.31. The summed E-state index contributed by atoms with van der Waals surface area (Å²) in [5.74, 6) is -0.657. The summed E-state index contributed by atoms with van der Waals surface area (Å²) >= 11 is 0. The number of rotatable bonds is 6. The van der Waals surface area contributed by atoms with Crippen molar-refractivity contribution in [2.75, 3.05) is 30.8 Å². The first-order valence-corrected chi connectivity index (χ1v) is 11.5. The summed E-state index contributed by atoms with van der Waals surface area (Å²) in [5.41, 5.74) is 1.92. The number of hydrogen-bond acceptors (Lipinski definition) is 5. The minimum Gasteiger partial charge on any atom is -0.495 e. The molecule has 0 radical (unpaired) electrons. The number of nitrogens with one attached hydrogen (secondary N) is 2. The van der Waals surface area contributed by atoms with Crippen molar-refractivity contribution in [1.29, 1.82) is 0 Å². The van der Waals surface area contributed by atoms with Crippen LogP contribution in [0.5, 0.6) is 5.75 Å². The maximum absolute atomic E-state index is 13.3. The molecule has 2 aromatic rings. The second kappa shape index (κ2) is 9.49. The van der Waals surface area contributed by atoms with E-state index in [2.05, 4.69) is 10.6 Å². The molecule has 1 aliphatic rings. The molecule has 0 saturated carbocycles. The van der Waals surface area contributed by atoms with Gasteiger partial charge in [0, 0.05) is 31.4 Å². The van der Waals surface area contributed by atoms with Gasteiger partial charge in [-0.15, -0.1) is 0 Å². The summed E-state index contributed by atoms with van der Waals surface area (Å²) in [7, 11) is -2.37. The van der Waals surface area contributed by atoms with Crippen LogP contribution in [0, 0.1) is 12.8 Å². The highest BCUT2D eigenvalue weighted by molar-refractivity contribution is 7.89. The van der Waals surface area contributed by atoms with E-state index in [9.17, 15) is 18.0 Å². The third kappa shape index (κ3) is 5.42. The summed E-state index contributed by atoms with van der Waals surface area (Å²) in [4.78, 5) is 24.2. The van der Waals surface area contributed by atoms with Crippen molar-refractivity contribution in [3.63, 3.8) is 0 Å². The maximum Gasteiger partial charge on any atom is 0.246 e. The Bertz CT molecular complexity index is 1080. The van der Waals surface area contributed by atoms with Crippen LogP contribution in [0.3, 0.4) is 0 Å². The molecule has 2 aromatic carbocycles. The summed E-state index contributed by atoms with van der Waals surface area (Å²) < 4.78 is 33.1. The molecule has 3 rings (SSSR count). The predicted molar refractivity (Wildman–Crippen MR) is 119 cm³/mol. The van der Waals surface area contributed by atoms with Crippen LogP contribution < -0.4 is 15.4 Å². The summed E-state index contributed by atoms with van der Waals surface area (Å²) in [6.07, 6.45) is 1.17. The van der Waals surface area contributed by atoms with Gasteiger partial charge in [-0.2, -0.15) is 4.31 Å². The van der Waals surface area contributed by atoms with Gasteiger partial charge in [0.15, 0.2) is 0 Å². The number of ether oxygens (including phenoxy) is 1. The van der Waals surface area contributed by atoms with Gasteiger partial charge >= 0.3 is 0 Å². The van der Waals surface area contributed by atoms with E-state index in [0.717, 1.165) is 5.56 Å². The van der Waals surface area contributed by atoms with Crippen LogP contribution in [0.2, 0.25) is 0 Å². The van der Waals surface area contributed by atoms with Gasteiger partial charge in [0.25, 0.3) is 0 Å². The van der Waals surface area contributed by atoms with Crippen molar-refractivity contribution in [2.45, 2.75) is 31.6 Å². The molecule has 1 saturated heterocycles. The predicted octanol–water partition coefficient (Wildman–Crippen LogP) is 3.00. The summed E-state index contributed by atoms with van der Waals surface area (Å²) in [5, 5.41) is 5.50. The molecule has 0 unspecified atom stereocenters. The summed E-state index contributed by atoms with van der Waals surface area (Å²) in [6.45, 7) is 3.67. The fourth-order valence-electron chi connectivity index (χ4n) is 3.62. The number of amides is 2. The lowest BCUT2D eigenvalue weighted by Crippen LogP contribution is -2.43. The molecule has 0 aliphatic carbocycles. The molecule has 0 bridgehead atoms. The van der Waals surface area contributed by atoms with Crippen LogP contribution in [-0.4, -0.2) is 44.7 Å². The minimum absolute atomic E-state index is 0.0939. The number of benzene rings is 2. The van der Waals surface area contributed by atoms with Crippen LogP contribution in [0.1, 0.15) is 25.3 Å². The lowest BCUT2D eigenvalue weighted by molar-refractivity contribution is -0.121. The molecule has 2 amide bonds. The largest absolute Gasteiger partial charge is 0.495 e. The molecule has 0 spiro atoms. The highest BCUT2D eigenvalue weighted by atomic mass is 32.2. The third-order valence-corrected chi connectivity index (χ3v) is 7.03. The highest BCUT2D eigenvalue weighted by Gasteiger charge is 2.35. The SMILES string of the molecule is COc1ccc(C)cc1S(=O)(=O)N1CCC[C@H](C(=O)Nc2cccc(NC(C)=O)c2)C1. The molecule has 1 fully saturated rings. The number of carbonyl (C=O) groups is 2. The normalized spacial score (nSPS) is 17.1. The van der Waals surface area contributed by atoms with Crippen LogP contribution in [-0.2, 0) is 19.6 Å². The summed E-state index contributed by atoms with van der Waals surface area (Å²) in [6, 6.07) is 11.8. The molecule has 1 heterocycles. The number of methoxy groups -OCH3 is 1. The number of nitrogens with zero attached hydrogens (tertiary/aromatic N) is 1. The Hall–Kier alpha value is -2.91. The van der Waals surface area contributed by atoms with Crippen LogP contribution >= 0.6 is 0 Å². The Morgan fingerprint density at radius 1 is 1.10 bits per heavy atom. The van der Waals surface area contributed by atoms with Gasteiger partial charge in [-0.05, 0) is 55.7 Å². The van der Waals surface area contributed by atoms with Crippen molar-refractivity contribution >= 4 is 33.2 Å². The van der Waals surface area contributed by atoms with Crippen molar-refractivity contribution in [1.82, 2.24) is 4.31 Å². The Morgan fingerprint density at radius 3 is 2.48 bits per heavy atom. The van der Waals surface area contributed by atoms with Gasteiger partial charge in [0.1, 0.15) is 10.6 Å². The van der Waals surface area contributed by atoms with Gasteiger partial charge in [0.2, 0.25) is 21.8 Å². The van der Waals surface area contributed by atoms with E-state index >= 15 is 0 Å². The molecular weight excluding hydrogens is 418 g/mol. The zero-order valence-electron chi connectivity index (χ0n) is 17.8. The van der Waals surface area contributed by atoms with E-state index in [1.54, 1.807) is 42.5 Å². The van der Waals surface area contributed by atoms with Gasteiger partial charge in [-0.25, -0.2) is 8.42 Å². The quantitative estimate of drug-likeness (QED) is 0.711. The molecule has 31 heavy (non-hydrogen) atoms. The standard InChI is InChI=1S/C22H27N3O5S/c1-15-9-10-20(30-3)21(12-15)31(28,29)25-11-5-6-17(14-25)22(27)24-19-8-4-7-18(13-19)23-16(2)26/h4,7-10,12-13,17H,5-6,11,14H2,1-3H3,(H,23,26)(H,24,27)/t17-/m0/s1. The average Bonchev–Trinajstić information content (AvgIpc) is 2.73. The number of anilines is 2. The Kier molecular flexibility index (Phi) is 6.97. The van der Waals surface area contributed by atoms with Crippen LogP contribution in [0.4, 0.5) is 11.4 Å². The first-order valence-electron chi connectivity index (χ1n) is 10.0. The zero-order chi connectivity index (χ0) is 22.6. The monoisotopic (exact) mass is 445 g/mol. The number of sulfonamides is 1. The minimum atomic E-state index is -3.81. The Balaban J connectivity index is 1.75. The fourth-order valence-corrected chi connectivity index (χ4v) is 5.39. The smallest absolute Gasteiger partial charge is 0.246 e. The van der Waals surface area contributed by atoms with E-state index in [1.165, 1.54) is 18.3 Å². The van der Waals surface area contributed by atoms with Gasteiger partial charge in [-0.3, -0.25) is 9.59 Å². The van der Waals surface area contributed by atoms with E-state index in [0.29, 0.717) is 30.8 Å². The zero-order valence-corrected chi connectivity index (χ0v) is 18.7. The maximum atomic E-state index is 13.3. The Morgan fingerprint density at radius 2 is 1.81 bits per heavy atom. The number of carbonyl (C=O) groups excluding carboxylic acids is 2. The second-order valence-corrected chi connectivity index (χ2v) is 9.51. The number of aryl methyl sites for hydroxylation is 1. The molecule has 0 aromatic heterocycles. The molecule has 8 nitrogen and oxygen atoms in total. The van der Waals surface area contributed by atoms with Crippen LogP contribution in [0.25, 0.3) is 0 Å². The Labute approximate surface area is 182 Å². The number of hydrogen-bond donors (Lipinski definition) is 2. The second-order valence-electron chi connectivity index (χ2n) is 7.61. The molecule has 2 N–H and O–H groups in total. The topological polar surface area (TPSA) is 105 Å². The number of piperidine rings is 1. The van der Waals surface area contributed by atoms with Crippen molar-refractivity contribution < 1.29 is 22.7 Å². The first-order chi connectivity index (χ1) is 14.7. The molecular formula is C22H27N3O5S. The van der Waals surface area contributed by atoms with E-state index in [-0.39, 0.29) is 29.0 Å².